The number of nitrogens with zero attached hydrogens (tertiary/aromatic N) is 2. The average Bonchev–Trinajstić information content (AvgIpc) is 2.02. The lowest BCUT2D eigenvalue weighted by atomic mass is 10.2. The average molecular weight is 144 g/mol. The fourth-order valence-electron chi connectivity index (χ4n) is 1.20. The minimum Gasteiger partial charge on any atom is -0.438 e. The van der Waals surface area contributed by atoms with Gasteiger partial charge in [0.1, 0.15) is 5.58 Å². The summed E-state index contributed by atoms with van der Waals surface area (Å²) in [5.41, 5.74) is 2.33. The minimum atomic E-state index is 0.672. The summed E-state index contributed by atoms with van der Waals surface area (Å²) in [5.74, 6) is 0. The van der Waals surface area contributed by atoms with Gasteiger partial charge in [0.15, 0.2) is 5.65 Å². The maximum absolute atomic E-state index is 5.17. The Labute approximate surface area is 62.0 Å². The van der Waals surface area contributed by atoms with E-state index in [1.807, 2.05) is 18.2 Å². The molecule has 2 bridgehead atoms. The van der Waals surface area contributed by atoms with E-state index < -0.39 is 0 Å². The number of pyridine rings is 2. The molecule has 0 aliphatic heterocycles. The largest absolute Gasteiger partial charge is 0.438 e. The molecular formula is C8H4N2O. The highest BCUT2D eigenvalue weighted by atomic mass is 16.4. The molecule has 0 N–H and O–H groups in total. The normalized spacial score (nSPS) is 11.6. The number of aromatic nitrogens is 2. The van der Waals surface area contributed by atoms with Crippen LogP contribution in [0.25, 0.3) is 22.3 Å². The Hall–Kier alpha value is -1.64. The van der Waals surface area contributed by atoms with Crippen molar-refractivity contribution in [2.75, 3.05) is 0 Å². The number of hydrogen-bond donors (Lipinski definition) is 0. The molecule has 52 valence electrons. The maximum Gasteiger partial charge on any atom is 0.225 e. The lowest BCUT2D eigenvalue weighted by molar-refractivity contribution is 0.615. The van der Waals surface area contributed by atoms with E-state index >= 15 is 0 Å². The van der Waals surface area contributed by atoms with Crippen molar-refractivity contribution in [2.24, 2.45) is 0 Å². The monoisotopic (exact) mass is 144 g/mol. The fraction of sp³-hybridized carbons (Fsp3) is 0. The molecule has 0 aromatic carbocycles. The van der Waals surface area contributed by atoms with Crippen LogP contribution >= 0.6 is 0 Å². The SMILES string of the molecule is c1cnc2nc3cc(o3)c2c1. The highest BCUT2D eigenvalue weighted by Crippen LogP contribution is 2.23. The standard InChI is InChI=1S/C8H4N2O/c1-2-5-6-4-7(11-6)10-8(5)9-3-1/h1-4H. The molecule has 11 heavy (non-hydrogen) atoms. The fourth-order valence-corrected chi connectivity index (χ4v) is 1.20. The van der Waals surface area contributed by atoms with Crippen LogP contribution in [0, 0.1) is 0 Å². The first-order valence-corrected chi connectivity index (χ1v) is 3.37. The van der Waals surface area contributed by atoms with Crippen LogP contribution in [0.15, 0.2) is 28.8 Å². The molecule has 0 aliphatic carbocycles. The summed E-state index contributed by atoms with van der Waals surface area (Å²) in [6.45, 7) is 0. The van der Waals surface area contributed by atoms with E-state index in [4.69, 9.17) is 4.42 Å². The minimum absolute atomic E-state index is 0.672. The van der Waals surface area contributed by atoms with Crippen molar-refractivity contribution in [3.05, 3.63) is 24.4 Å². The van der Waals surface area contributed by atoms with Gasteiger partial charge in [0.05, 0.1) is 5.39 Å². The number of rotatable bonds is 0. The van der Waals surface area contributed by atoms with Gasteiger partial charge in [-0.2, -0.15) is 4.98 Å². The molecule has 4 heterocycles. The summed E-state index contributed by atoms with van der Waals surface area (Å²) in [6.07, 6.45) is 1.73. The van der Waals surface area contributed by atoms with Crippen LogP contribution in [0.1, 0.15) is 0 Å². The van der Waals surface area contributed by atoms with Gasteiger partial charge in [-0.1, -0.05) is 0 Å². The third-order valence-corrected chi connectivity index (χ3v) is 1.74. The summed E-state index contributed by atoms with van der Waals surface area (Å²) >= 11 is 0. The van der Waals surface area contributed by atoms with E-state index in [0.29, 0.717) is 5.71 Å². The molecule has 4 rings (SSSR count). The van der Waals surface area contributed by atoms with Crippen LogP contribution in [0.4, 0.5) is 0 Å². The van der Waals surface area contributed by atoms with E-state index in [1.54, 1.807) is 6.20 Å². The van der Waals surface area contributed by atoms with Crippen LogP contribution < -0.4 is 0 Å². The zero-order chi connectivity index (χ0) is 7.26. The molecule has 3 heteroatoms. The lowest BCUT2D eigenvalue weighted by Crippen LogP contribution is -1.88. The Morgan fingerprint density at radius 3 is 3.09 bits per heavy atom. The predicted molar refractivity (Wildman–Crippen MR) is 40.5 cm³/mol. The van der Waals surface area contributed by atoms with E-state index in [1.165, 1.54) is 0 Å². The molecule has 0 radical (unpaired) electrons. The summed E-state index contributed by atoms with van der Waals surface area (Å²) in [5, 5.41) is 0.988. The van der Waals surface area contributed by atoms with E-state index in [9.17, 15) is 0 Å². The van der Waals surface area contributed by atoms with Gasteiger partial charge in [-0.05, 0) is 12.1 Å². The lowest BCUT2D eigenvalue weighted by Gasteiger charge is -2.03. The smallest absolute Gasteiger partial charge is 0.225 e. The molecule has 0 saturated carbocycles. The van der Waals surface area contributed by atoms with E-state index in [0.717, 1.165) is 16.6 Å². The van der Waals surface area contributed by atoms with Gasteiger partial charge in [-0.25, -0.2) is 4.98 Å². The third kappa shape index (κ3) is 0.526. The first-order valence-electron chi connectivity index (χ1n) is 3.37. The van der Waals surface area contributed by atoms with Crippen molar-refractivity contribution in [2.45, 2.75) is 0 Å². The van der Waals surface area contributed by atoms with Gasteiger partial charge in [0.25, 0.3) is 0 Å². The second-order valence-corrected chi connectivity index (χ2v) is 2.44. The summed E-state index contributed by atoms with van der Waals surface area (Å²) in [6, 6.07) is 5.74. The molecular weight excluding hydrogens is 140 g/mol. The first-order chi connectivity index (χ1) is 5.43. The Kier molecular flexibility index (Phi) is 0.692. The molecule has 0 atom stereocenters. The zero-order valence-corrected chi connectivity index (χ0v) is 5.61. The quantitative estimate of drug-likeness (QED) is 0.483. The van der Waals surface area contributed by atoms with Crippen LogP contribution in [-0.2, 0) is 0 Å². The van der Waals surface area contributed by atoms with Crippen molar-refractivity contribution in [3.8, 4) is 0 Å². The van der Waals surface area contributed by atoms with Crippen molar-refractivity contribution >= 4 is 22.3 Å². The summed E-state index contributed by atoms with van der Waals surface area (Å²) in [7, 11) is 0. The maximum atomic E-state index is 5.17. The number of hydrogen-bond acceptors (Lipinski definition) is 3. The highest BCUT2D eigenvalue weighted by Gasteiger charge is 2.07. The summed E-state index contributed by atoms with van der Waals surface area (Å²) < 4.78 is 5.17. The topological polar surface area (TPSA) is 38.9 Å². The molecule has 0 fully saturated rings. The molecule has 4 aromatic heterocycles. The molecule has 0 spiro atoms. The van der Waals surface area contributed by atoms with Crippen molar-refractivity contribution in [3.63, 3.8) is 0 Å². The Balaban J connectivity index is 2.66. The van der Waals surface area contributed by atoms with E-state index in [-0.39, 0.29) is 0 Å². The van der Waals surface area contributed by atoms with Gasteiger partial charge >= 0.3 is 0 Å². The first kappa shape index (κ1) is 5.07. The van der Waals surface area contributed by atoms with Crippen molar-refractivity contribution in [1.29, 1.82) is 0 Å². The van der Waals surface area contributed by atoms with Crippen molar-refractivity contribution < 1.29 is 4.42 Å². The van der Waals surface area contributed by atoms with Gasteiger partial charge in [-0.3, -0.25) is 0 Å². The molecule has 0 amide bonds. The van der Waals surface area contributed by atoms with Crippen LogP contribution in [0.2, 0.25) is 0 Å². The van der Waals surface area contributed by atoms with E-state index in [2.05, 4.69) is 9.97 Å². The zero-order valence-electron chi connectivity index (χ0n) is 5.61. The molecule has 0 unspecified atom stereocenters. The second-order valence-electron chi connectivity index (χ2n) is 2.44. The van der Waals surface area contributed by atoms with Gasteiger partial charge in [0.2, 0.25) is 5.71 Å². The van der Waals surface area contributed by atoms with Crippen molar-refractivity contribution in [1.82, 2.24) is 9.97 Å². The second kappa shape index (κ2) is 1.50. The highest BCUT2D eigenvalue weighted by molar-refractivity contribution is 5.94. The van der Waals surface area contributed by atoms with Crippen LogP contribution in [0.3, 0.4) is 0 Å². The molecule has 0 aliphatic rings. The molecule has 0 saturated heterocycles. The van der Waals surface area contributed by atoms with Crippen LogP contribution in [0.5, 0.6) is 0 Å². The van der Waals surface area contributed by atoms with Crippen LogP contribution in [-0.4, -0.2) is 9.97 Å². The van der Waals surface area contributed by atoms with Gasteiger partial charge < -0.3 is 4.42 Å². The summed E-state index contributed by atoms with van der Waals surface area (Å²) in [4.78, 5) is 8.21. The Morgan fingerprint density at radius 2 is 2.27 bits per heavy atom. The Morgan fingerprint density at radius 1 is 1.36 bits per heavy atom. The van der Waals surface area contributed by atoms with Gasteiger partial charge in [-0.15, -0.1) is 0 Å². The Bertz CT molecular complexity index is 485. The third-order valence-electron chi connectivity index (χ3n) is 1.74. The predicted octanol–water partition coefficient (Wildman–Crippen LogP) is 1.81. The molecule has 3 nitrogen and oxygen atoms in total. The van der Waals surface area contributed by atoms with Gasteiger partial charge in [0, 0.05) is 12.3 Å². The molecule has 4 aromatic rings.